The van der Waals surface area contributed by atoms with E-state index in [1.165, 1.54) is 0 Å². The number of aliphatic hydroxyl groups is 6. The van der Waals surface area contributed by atoms with Crippen LogP contribution in [0, 0.1) is 0 Å². The monoisotopic (exact) mass is 608 g/mol. The number of nitrogens with zero attached hydrogens (tertiary/aromatic N) is 4. The summed E-state index contributed by atoms with van der Waals surface area (Å²) in [6.45, 7) is 11.3. The summed E-state index contributed by atoms with van der Waals surface area (Å²) >= 11 is 0. The van der Waals surface area contributed by atoms with Gasteiger partial charge in [0.05, 0.1) is 63.8 Å². The van der Waals surface area contributed by atoms with Gasteiger partial charge in [-0.05, 0) is 41.5 Å². The molecular formula is C28H56N4O10. The molecule has 0 aromatic rings. The first-order valence-electron chi connectivity index (χ1n) is 14.7. The van der Waals surface area contributed by atoms with Crippen LogP contribution in [0.3, 0.4) is 0 Å². The lowest BCUT2D eigenvalue weighted by molar-refractivity contribution is -0.158. The maximum absolute atomic E-state index is 12.7. The summed E-state index contributed by atoms with van der Waals surface area (Å²) in [6, 6.07) is -1.61. The highest BCUT2D eigenvalue weighted by Gasteiger charge is 2.31. The SMILES string of the molecule is CC(C)(C)OC(=O)CN1CCN(CC(=O)OC(C)(C)C)CCN(C(CO)C(O)CO)CCN(C(CO)C(O)CO)CC1. The van der Waals surface area contributed by atoms with Crippen LogP contribution >= 0.6 is 0 Å². The highest BCUT2D eigenvalue weighted by molar-refractivity contribution is 5.72. The molecule has 0 aromatic heterocycles. The van der Waals surface area contributed by atoms with Crippen LogP contribution < -0.4 is 0 Å². The van der Waals surface area contributed by atoms with Crippen LogP contribution in [0.15, 0.2) is 0 Å². The summed E-state index contributed by atoms with van der Waals surface area (Å²) in [7, 11) is 0. The zero-order valence-electron chi connectivity index (χ0n) is 26.3. The molecule has 6 N–H and O–H groups in total. The van der Waals surface area contributed by atoms with Gasteiger partial charge >= 0.3 is 11.9 Å². The number of aliphatic hydroxyl groups excluding tert-OH is 6. The van der Waals surface area contributed by atoms with Crippen molar-refractivity contribution in [3.05, 3.63) is 0 Å². The third-order valence-corrected chi connectivity index (χ3v) is 6.93. The lowest BCUT2D eigenvalue weighted by atomic mass is 10.1. The lowest BCUT2D eigenvalue weighted by Crippen LogP contribution is -2.57. The highest BCUT2D eigenvalue weighted by atomic mass is 16.6. The Morgan fingerprint density at radius 2 is 0.857 bits per heavy atom. The fourth-order valence-electron chi connectivity index (χ4n) is 4.82. The maximum atomic E-state index is 12.7. The molecule has 1 saturated heterocycles. The molecule has 248 valence electrons. The summed E-state index contributed by atoms with van der Waals surface area (Å²) in [5.74, 6) is -0.826. The third-order valence-electron chi connectivity index (χ3n) is 6.93. The van der Waals surface area contributed by atoms with Crippen LogP contribution in [0.1, 0.15) is 41.5 Å². The van der Waals surface area contributed by atoms with Gasteiger partial charge in [0.25, 0.3) is 0 Å². The van der Waals surface area contributed by atoms with E-state index >= 15 is 0 Å². The minimum absolute atomic E-state index is 0.0147. The molecule has 0 saturated carbocycles. The predicted molar refractivity (Wildman–Crippen MR) is 156 cm³/mol. The molecule has 4 unspecified atom stereocenters. The second kappa shape index (κ2) is 18.4. The third kappa shape index (κ3) is 14.8. The molecule has 1 aliphatic rings. The molecule has 1 heterocycles. The molecule has 0 aromatic carbocycles. The van der Waals surface area contributed by atoms with Crippen molar-refractivity contribution in [3.63, 3.8) is 0 Å². The molecule has 0 spiro atoms. The average Bonchev–Trinajstić information content (AvgIpc) is 2.87. The predicted octanol–water partition coefficient (Wildman–Crippen LogP) is -2.68. The Kier molecular flexibility index (Phi) is 16.9. The number of esters is 2. The zero-order chi connectivity index (χ0) is 32.1. The summed E-state index contributed by atoms with van der Waals surface area (Å²) in [6.07, 6.45) is -2.45. The van der Waals surface area contributed by atoms with Gasteiger partial charge in [0.1, 0.15) is 11.2 Å². The van der Waals surface area contributed by atoms with Gasteiger partial charge in [0, 0.05) is 52.4 Å². The van der Waals surface area contributed by atoms with E-state index in [-0.39, 0.29) is 26.2 Å². The molecule has 14 nitrogen and oxygen atoms in total. The van der Waals surface area contributed by atoms with Gasteiger partial charge in [-0.2, -0.15) is 0 Å². The number of ether oxygens (including phenoxy) is 2. The molecule has 1 fully saturated rings. The van der Waals surface area contributed by atoms with E-state index in [9.17, 15) is 40.2 Å². The fraction of sp³-hybridized carbons (Fsp3) is 0.929. The highest BCUT2D eigenvalue weighted by Crippen LogP contribution is 2.13. The Labute approximate surface area is 250 Å². The first-order chi connectivity index (χ1) is 19.5. The van der Waals surface area contributed by atoms with E-state index in [0.717, 1.165) is 0 Å². The van der Waals surface area contributed by atoms with E-state index in [1.54, 1.807) is 51.3 Å². The van der Waals surface area contributed by atoms with E-state index in [1.807, 2.05) is 9.80 Å². The van der Waals surface area contributed by atoms with E-state index in [0.29, 0.717) is 39.3 Å². The van der Waals surface area contributed by atoms with Crippen molar-refractivity contribution in [3.8, 4) is 0 Å². The van der Waals surface area contributed by atoms with Crippen LogP contribution in [0.2, 0.25) is 0 Å². The van der Waals surface area contributed by atoms with E-state index in [4.69, 9.17) is 9.47 Å². The molecule has 1 aliphatic heterocycles. The zero-order valence-corrected chi connectivity index (χ0v) is 26.3. The fourth-order valence-corrected chi connectivity index (χ4v) is 4.82. The topological polar surface area (TPSA) is 187 Å². The Morgan fingerprint density at radius 3 is 1.12 bits per heavy atom. The van der Waals surface area contributed by atoms with Crippen molar-refractivity contribution in [2.45, 2.75) is 77.0 Å². The Hall–Kier alpha value is -1.46. The van der Waals surface area contributed by atoms with Crippen molar-refractivity contribution in [2.75, 3.05) is 91.9 Å². The molecule has 42 heavy (non-hydrogen) atoms. The van der Waals surface area contributed by atoms with E-state index < -0.39 is 73.9 Å². The summed E-state index contributed by atoms with van der Waals surface area (Å²) < 4.78 is 11.1. The van der Waals surface area contributed by atoms with Crippen LogP contribution in [-0.2, 0) is 19.1 Å². The van der Waals surface area contributed by atoms with Gasteiger partial charge in [-0.3, -0.25) is 29.2 Å². The Balaban J connectivity index is 3.34. The molecule has 1 rings (SSSR count). The Morgan fingerprint density at radius 1 is 0.571 bits per heavy atom. The van der Waals surface area contributed by atoms with Crippen LogP contribution in [-0.4, -0.2) is 190 Å². The number of carbonyl (C=O) groups excluding carboxylic acids is 2. The summed E-state index contributed by atoms with van der Waals surface area (Å²) in [4.78, 5) is 32.8. The summed E-state index contributed by atoms with van der Waals surface area (Å²) in [5, 5.41) is 60.2. The van der Waals surface area contributed by atoms with Crippen molar-refractivity contribution in [1.82, 2.24) is 19.6 Å². The molecular weight excluding hydrogens is 552 g/mol. The van der Waals surface area contributed by atoms with E-state index in [2.05, 4.69) is 0 Å². The van der Waals surface area contributed by atoms with Crippen LogP contribution in [0.5, 0.6) is 0 Å². The van der Waals surface area contributed by atoms with Gasteiger partial charge in [-0.15, -0.1) is 0 Å². The van der Waals surface area contributed by atoms with Gasteiger partial charge in [0.2, 0.25) is 0 Å². The van der Waals surface area contributed by atoms with Crippen molar-refractivity contribution >= 4 is 11.9 Å². The number of carbonyl (C=O) groups is 2. The second-order valence-corrected chi connectivity index (χ2v) is 12.8. The number of hydrogen-bond donors (Lipinski definition) is 6. The first-order valence-corrected chi connectivity index (χ1v) is 14.7. The van der Waals surface area contributed by atoms with Crippen molar-refractivity contribution in [2.24, 2.45) is 0 Å². The van der Waals surface area contributed by atoms with Crippen LogP contribution in [0.25, 0.3) is 0 Å². The maximum Gasteiger partial charge on any atom is 0.320 e. The molecule has 0 bridgehead atoms. The molecule has 0 amide bonds. The normalized spacial score (nSPS) is 21.0. The second-order valence-electron chi connectivity index (χ2n) is 12.8. The lowest BCUT2D eigenvalue weighted by Gasteiger charge is -2.40. The standard InChI is InChI=1S/C28H56N4O10/c1-27(2,3)41-25(39)15-29-7-8-30(16-26(40)42-28(4,5)6)10-12-32(22(18-34)24(38)20-36)14-13-31(11-9-29)21(17-33)23(37)19-35/h21-24,33-38H,7-20H2,1-6H3. The average molecular weight is 609 g/mol. The molecule has 0 radical (unpaired) electrons. The minimum Gasteiger partial charge on any atom is -0.459 e. The molecule has 4 atom stereocenters. The number of hydrogen-bond acceptors (Lipinski definition) is 14. The van der Waals surface area contributed by atoms with Crippen LogP contribution in [0.4, 0.5) is 0 Å². The molecule has 14 heteroatoms. The Bertz CT molecular complexity index is 728. The summed E-state index contributed by atoms with van der Waals surface area (Å²) in [5.41, 5.74) is -1.34. The quantitative estimate of drug-likeness (QED) is 0.126. The smallest absolute Gasteiger partial charge is 0.320 e. The van der Waals surface area contributed by atoms with Crippen molar-refractivity contribution < 1.29 is 49.7 Å². The minimum atomic E-state index is -1.23. The van der Waals surface area contributed by atoms with Gasteiger partial charge < -0.3 is 40.1 Å². The van der Waals surface area contributed by atoms with Crippen molar-refractivity contribution in [1.29, 1.82) is 0 Å². The first kappa shape index (κ1) is 38.6. The van der Waals surface area contributed by atoms with Gasteiger partial charge in [0.15, 0.2) is 0 Å². The number of rotatable bonds is 12. The molecule has 0 aliphatic carbocycles. The largest absolute Gasteiger partial charge is 0.459 e. The van der Waals surface area contributed by atoms with Gasteiger partial charge in [-0.1, -0.05) is 0 Å². The van der Waals surface area contributed by atoms with Gasteiger partial charge in [-0.25, -0.2) is 0 Å².